The number of halogens is 3. The Morgan fingerprint density at radius 3 is 2.26 bits per heavy atom. The smallest absolute Gasteiger partial charge is 0.338 e. The number of fused-ring (bicyclic) bond motifs is 1. The number of benzene rings is 3. The van der Waals surface area contributed by atoms with E-state index in [9.17, 15) is 30.0 Å². The summed E-state index contributed by atoms with van der Waals surface area (Å²) in [4.78, 5) is 6.82. The van der Waals surface area contributed by atoms with Gasteiger partial charge in [-0.05, 0) is 54.6 Å². The van der Waals surface area contributed by atoms with Crippen LogP contribution in [0.25, 0.3) is 34.3 Å². The second-order valence-electron chi connectivity index (χ2n) is 7.41. The zero-order valence-electron chi connectivity index (χ0n) is 18.0. The Bertz CT molecular complexity index is 1640. The van der Waals surface area contributed by atoms with Crippen molar-refractivity contribution in [3.63, 3.8) is 0 Å². The summed E-state index contributed by atoms with van der Waals surface area (Å²) in [5.74, 6) is 0.445. The lowest BCUT2D eigenvalue weighted by atomic mass is 10.1. The van der Waals surface area contributed by atoms with Crippen molar-refractivity contribution in [2.75, 3.05) is 7.05 Å². The minimum absolute atomic E-state index is 0.137. The van der Waals surface area contributed by atoms with Crippen LogP contribution in [0.4, 0.5) is 13.2 Å². The van der Waals surface area contributed by atoms with Gasteiger partial charge >= 0.3 is 5.51 Å². The Morgan fingerprint density at radius 1 is 0.914 bits per heavy atom. The van der Waals surface area contributed by atoms with Gasteiger partial charge in [0.25, 0.3) is 9.84 Å². The molecule has 0 amide bonds. The highest BCUT2D eigenvalue weighted by atomic mass is 32.2. The van der Waals surface area contributed by atoms with Crippen molar-refractivity contribution >= 4 is 43.0 Å². The highest BCUT2D eigenvalue weighted by Crippen LogP contribution is 2.31. The Balaban J connectivity index is 1.62. The van der Waals surface area contributed by atoms with Crippen LogP contribution in [0, 0.1) is 0 Å². The molecule has 7 nitrogen and oxygen atoms in total. The molecule has 1 heterocycles. The first-order chi connectivity index (χ1) is 16.4. The topological polar surface area (TPSA) is 109 Å². The van der Waals surface area contributed by atoms with Crippen LogP contribution in [-0.2, 0) is 19.9 Å². The molecule has 0 aliphatic rings. The molecule has 4 rings (SSSR count). The second-order valence-corrected chi connectivity index (χ2v) is 11.2. The lowest BCUT2D eigenvalue weighted by Gasteiger charge is -2.09. The predicted molar refractivity (Wildman–Crippen MR) is 126 cm³/mol. The maximum absolute atomic E-state index is 12.7. The number of aromatic amines is 1. The van der Waals surface area contributed by atoms with E-state index in [1.807, 2.05) is 0 Å². The van der Waals surface area contributed by atoms with Gasteiger partial charge in [-0.2, -0.15) is 13.2 Å². The molecule has 12 heteroatoms. The van der Waals surface area contributed by atoms with E-state index in [-0.39, 0.29) is 4.90 Å². The third-order valence-electron chi connectivity index (χ3n) is 5.19. The maximum Gasteiger partial charge on any atom is 0.501 e. The van der Waals surface area contributed by atoms with E-state index in [0.717, 1.165) is 12.1 Å². The summed E-state index contributed by atoms with van der Waals surface area (Å²) in [5, 5.41) is 0. The van der Waals surface area contributed by atoms with Crippen molar-refractivity contribution in [3.8, 4) is 11.1 Å². The molecule has 4 aromatic rings. The van der Waals surface area contributed by atoms with Crippen molar-refractivity contribution in [2.45, 2.75) is 15.3 Å². The van der Waals surface area contributed by atoms with Crippen LogP contribution >= 0.6 is 0 Å². The summed E-state index contributed by atoms with van der Waals surface area (Å²) in [7, 11) is -7.74. The highest BCUT2D eigenvalue weighted by Gasteiger charge is 2.46. The van der Waals surface area contributed by atoms with Crippen molar-refractivity contribution in [2.24, 2.45) is 0 Å². The van der Waals surface area contributed by atoms with Gasteiger partial charge in [0, 0.05) is 5.56 Å². The average molecular weight is 522 g/mol. The summed E-state index contributed by atoms with van der Waals surface area (Å²) < 4.78 is 88.0. The summed E-state index contributed by atoms with van der Waals surface area (Å²) in [5.41, 5.74) is -2.45. The summed E-state index contributed by atoms with van der Waals surface area (Å²) in [6, 6.07) is 16.1. The zero-order valence-corrected chi connectivity index (χ0v) is 19.7. The summed E-state index contributed by atoms with van der Waals surface area (Å²) in [6.07, 6.45) is 3.16. The van der Waals surface area contributed by atoms with Crippen molar-refractivity contribution in [1.82, 2.24) is 14.7 Å². The third-order valence-corrected chi connectivity index (χ3v) is 8.16. The van der Waals surface area contributed by atoms with E-state index in [1.165, 1.54) is 25.2 Å². The van der Waals surface area contributed by atoms with E-state index >= 15 is 0 Å². The van der Waals surface area contributed by atoms with E-state index in [2.05, 4.69) is 14.7 Å². The summed E-state index contributed by atoms with van der Waals surface area (Å²) >= 11 is 0. The van der Waals surface area contributed by atoms with E-state index in [4.69, 9.17) is 0 Å². The van der Waals surface area contributed by atoms with Gasteiger partial charge in [-0.3, -0.25) is 0 Å². The molecule has 3 aromatic carbocycles. The van der Waals surface area contributed by atoms with Gasteiger partial charge in [0.05, 0.1) is 20.8 Å². The first kappa shape index (κ1) is 24.6. The molecular weight excluding hydrogens is 503 g/mol. The van der Waals surface area contributed by atoms with Gasteiger partial charge in [-0.25, -0.2) is 26.5 Å². The average Bonchev–Trinajstić information content (AvgIpc) is 3.24. The SMILES string of the molecule is CNS(=O)(=O)c1ccccc1-c1ccc2nc(/C=C/c3ccc(S(=O)(=O)C(F)(F)F)cc3)[nH]c2c1. The standard InChI is InChI=1S/C23H18F3N3O4S2/c1-27-35(32,33)21-5-3-2-4-18(21)16-9-12-19-20(14-16)29-22(28-19)13-8-15-6-10-17(11-7-15)34(30,31)23(24,25)26/h2-14,27H,1H3,(H,28,29)/b13-8+. The molecule has 35 heavy (non-hydrogen) atoms. The van der Waals surface area contributed by atoms with E-state index < -0.39 is 30.3 Å². The first-order valence-electron chi connectivity index (χ1n) is 10.0. The molecule has 0 unspecified atom stereocenters. The molecule has 0 bridgehead atoms. The van der Waals surface area contributed by atoms with Crippen LogP contribution in [0.1, 0.15) is 11.4 Å². The number of sulfonamides is 1. The number of sulfone groups is 1. The largest absolute Gasteiger partial charge is 0.501 e. The van der Waals surface area contributed by atoms with Crippen LogP contribution in [0.5, 0.6) is 0 Å². The van der Waals surface area contributed by atoms with Crippen molar-refractivity contribution < 1.29 is 30.0 Å². The van der Waals surface area contributed by atoms with Crippen LogP contribution < -0.4 is 4.72 Å². The normalized spacial score (nSPS) is 13.0. The molecule has 0 atom stereocenters. The first-order valence-corrected chi connectivity index (χ1v) is 13.0. The van der Waals surface area contributed by atoms with Gasteiger partial charge in [0.2, 0.25) is 10.0 Å². The molecule has 2 N–H and O–H groups in total. The number of hydrogen-bond donors (Lipinski definition) is 2. The Morgan fingerprint density at radius 2 is 1.60 bits per heavy atom. The van der Waals surface area contributed by atoms with Crippen LogP contribution in [0.2, 0.25) is 0 Å². The molecule has 182 valence electrons. The quantitative estimate of drug-likeness (QED) is 0.386. The predicted octanol–water partition coefficient (Wildman–Crippen LogP) is 4.60. The van der Waals surface area contributed by atoms with Gasteiger partial charge in [0.1, 0.15) is 5.82 Å². The third kappa shape index (κ3) is 4.85. The molecule has 1 aromatic heterocycles. The molecular formula is C23H18F3N3O4S2. The monoisotopic (exact) mass is 521 g/mol. The maximum atomic E-state index is 12.7. The number of nitrogens with one attached hydrogen (secondary N) is 2. The Labute approximate surface area is 199 Å². The lowest BCUT2D eigenvalue weighted by Crippen LogP contribution is -2.23. The molecule has 0 saturated carbocycles. The van der Waals surface area contributed by atoms with Gasteiger partial charge in [-0.15, -0.1) is 0 Å². The van der Waals surface area contributed by atoms with Crippen LogP contribution in [0.3, 0.4) is 0 Å². The Hall–Kier alpha value is -3.48. The number of alkyl halides is 3. The number of imidazole rings is 1. The number of H-pyrrole nitrogens is 1. The number of aromatic nitrogens is 2. The van der Waals surface area contributed by atoms with Crippen molar-refractivity contribution in [1.29, 1.82) is 0 Å². The van der Waals surface area contributed by atoms with Crippen molar-refractivity contribution in [3.05, 3.63) is 78.1 Å². The molecule has 0 spiro atoms. The fourth-order valence-electron chi connectivity index (χ4n) is 3.39. The Kier molecular flexibility index (Phi) is 6.30. The lowest BCUT2D eigenvalue weighted by molar-refractivity contribution is -0.0436. The minimum Gasteiger partial charge on any atom is -0.338 e. The fraction of sp³-hybridized carbons (Fsp3) is 0.0870. The number of hydrogen-bond acceptors (Lipinski definition) is 5. The van der Waals surface area contributed by atoms with Crippen LogP contribution in [0.15, 0.2) is 76.5 Å². The second kappa shape index (κ2) is 8.95. The van der Waals surface area contributed by atoms with Crippen LogP contribution in [-0.4, -0.2) is 39.4 Å². The molecule has 0 fully saturated rings. The molecule has 0 radical (unpaired) electrons. The van der Waals surface area contributed by atoms with E-state index in [1.54, 1.807) is 48.6 Å². The fourth-order valence-corrected chi connectivity index (χ4v) is 5.11. The molecule has 0 saturated heterocycles. The van der Waals surface area contributed by atoms with Gasteiger partial charge < -0.3 is 4.98 Å². The van der Waals surface area contributed by atoms with Gasteiger partial charge in [0.15, 0.2) is 0 Å². The zero-order chi connectivity index (χ0) is 25.4. The number of nitrogens with zero attached hydrogens (tertiary/aromatic N) is 1. The number of rotatable bonds is 6. The molecule has 0 aliphatic heterocycles. The summed E-state index contributed by atoms with van der Waals surface area (Å²) in [6.45, 7) is 0. The van der Waals surface area contributed by atoms with Gasteiger partial charge in [-0.1, -0.05) is 42.5 Å². The minimum atomic E-state index is -5.40. The van der Waals surface area contributed by atoms with E-state index in [0.29, 0.717) is 33.5 Å². The molecule has 0 aliphatic carbocycles. The highest BCUT2D eigenvalue weighted by molar-refractivity contribution is 7.92.